The molecule has 0 radical (unpaired) electrons. The molecule has 5 atom stereocenters. The Hall–Kier alpha value is -1.20. The van der Waals surface area contributed by atoms with E-state index in [1.54, 1.807) is 13.8 Å². The summed E-state index contributed by atoms with van der Waals surface area (Å²) in [5, 5.41) is 4.05. The van der Waals surface area contributed by atoms with Crippen molar-refractivity contribution in [3.05, 3.63) is 11.8 Å². The fourth-order valence-corrected chi connectivity index (χ4v) is 3.39. The van der Waals surface area contributed by atoms with Crippen molar-refractivity contribution in [1.29, 1.82) is 0 Å². The number of thiocarbonyl (C=S) groups is 1. The van der Waals surface area contributed by atoms with E-state index in [-0.39, 0.29) is 17.5 Å². The summed E-state index contributed by atoms with van der Waals surface area (Å²) in [5.74, 6) is -0.584. The molecule has 10 nitrogen and oxygen atoms in total. The minimum Gasteiger partial charge on any atom is -0.383 e. The van der Waals surface area contributed by atoms with E-state index < -0.39 is 38.5 Å². The smallest absolute Gasteiger partial charge is 0.383 e. The zero-order chi connectivity index (χ0) is 17.6. The Morgan fingerprint density at radius 3 is 2.79 bits per heavy atom. The molecular weight excluding hydrogens is 359 g/mol. The minimum atomic E-state index is -2.74. The number of fused-ring (bicyclic) bond motifs is 1. The average Bonchev–Trinajstić information content (AvgIpc) is 3.07. The molecule has 1 aromatic rings. The third-order valence-electron chi connectivity index (χ3n) is 3.85. The van der Waals surface area contributed by atoms with Gasteiger partial charge in [-0.2, -0.15) is 9.78 Å². The minimum absolute atomic E-state index is 0.00868. The topological polar surface area (TPSA) is 144 Å². The molecule has 0 bridgehead atoms. The highest BCUT2D eigenvalue weighted by Crippen LogP contribution is 2.46. The maximum Gasteiger partial charge on any atom is 0.694 e. The van der Waals surface area contributed by atoms with Crippen LogP contribution in [-0.2, 0) is 23.3 Å². The quantitative estimate of drug-likeness (QED) is 0.491. The normalized spacial score (nSPS) is 31.9. The monoisotopic (exact) mass is 377 g/mol. The van der Waals surface area contributed by atoms with Crippen LogP contribution in [0.3, 0.4) is 0 Å². The molecule has 1 aromatic heterocycles. The molecule has 0 aromatic carbocycles. The number of nitrogens with zero attached hydrogens (tertiary/aromatic N) is 2. The lowest BCUT2D eigenvalue weighted by Crippen LogP contribution is -2.32. The molecule has 0 saturated carbocycles. The van der Waals surface area contributed by atoms with Crippen molar-refractivity contribution >= 4 is 31.4 Å². The summed E-state index contributed by atoms with van der Waals surface area (Å²) in [6.45, 7) is 3.43. The summed E-state index contributed by atoms with van der Waals surface area (Å²) >= 11 is 4.88. The van der Waals surface area contributed by atoms with Gasteiger partial charge >= 0.3 is 8.25 Å². The third kappa shape index (κ3) is 3.16. The van der Waals surface area contributed by atoms with Crippen molar-refractivity contribution < 1.29 is 28.2 Å². The summed E-state index contributed by atoms with van der Waals surface area (Å²) in [6.07, 6.45) is -0.643. The largest absolute Gasteiger partial charge is 0.694 e. The standard InChI is InChI=1S/C12H17N4O6PS/c1-12(2)21-8-6(4-19-23(17)18)20-7(9(8)22-12)5-3-15-16(10(5)13)11(14)24/h3,6-9H,4H2,1-2H3,(H4-,13,14,15,17,18,24)/p+1/t6-,7+,8?,9?/m1/s1. The molecular formula is C12H18N4O6PS+. The van der Waals surface area contributed by atoms with Crippen LogP contribution in [0.2, 0.25) is 0 Å². The highest BCUT2D eigenvalue weighted by Gasteiger charge is 2.56. The zero-order valence-corrected chi connectivity index (χ0v) is 14.7. The van der Waals surface area contributed by atoms with Crippen molar-refractivity contribution in [3.63, 3.8) is 0 Å². The van der Waals surface area contributed by atoms with Crippen molar-refractivity contribution in [2.75, 3.05) is 12.3 Å². The van der Waals surface area contributed by atoms with Gasteiger partial charge in [0.2, 0.25) is 0 Å². The molecule has 3 rings (SSSR count). The molecule has 3 heterocycles. The Morgan fingerprint density at radius 2 is 2.21 bits per heavy atom. The third-order valence-corrected chi connectivity index (χ3v) is 4.39. The molecule has 3 unspecified atom stereocenters. The summed E-state index contributed by atoms with van der Waals surface area (Å²) in [4.78, 5) is 8.85. The summed E-state index contributed by atoms with van der Waals surface area (Å²) in [5.41, 5.74) is 12.2. The van der Waals surface area contributed by atoms with Crippen molar-refractivity contribution in [3.8, 4) is 0 Å². The van der Waals surface area contributed by atoms with Crippen LogP contribution in [0.1, 0.15) is 25.5 Å². The summed E-state index contributed by atoms with van der Waals surface area (Å²) < 4.78 is 34.4. The molecule has 2 fully saturated rings. The van der Waals surface area contributed by atoms with Gasteiger partial charge in [-0.1, -0.05) is 0 Å². The fourth-order valence-electron chi connectivity index (χ4n) is 2.97. The van der Waals surface area contributed by atoms with Gasteiger partial charge in [-0.15, -0.1) is 9.42 Å². The molecule has 2 aliphatic rings. The predicted octanol–water partition coefficient (Wildman–Crippen LogP) is 0.183. The Labute approximate surface area is 143 Å². The number of anilines is 1. The lowest BCUT2D eigenvalue weighted by Gasteiger charge is -2.23. The number of nitrogen functional groups attached to an aromatic ring is 1. The highest BCUT2D eigenvalue weighted by atomic mass is 32.1. The Balaban J connectivity index is 1.88. The number of aromatic nitrogens is 2. The van der Waals surface area contributed by atoms with E-state index in [2.05, 4.69) is 5.10 Å². The van der Waals surface area contributed by atoms with Crippen molar-refractivity contribution in [2.24, 2.45) is 5.73 Å². The molecule has 0 amide bonds. The molecule has 0 aliphatic carbocycles. The van der Waals surface area contributed by atoms with E-state index in [9.17, 15) is 4.57 Å². The van der Waals surface area contributed by atoms with E-state index in [0.29, 0.717) is 5.56 Å². The van der Waals surface area contributed by atoms with Gasteiger partial charge in [0, 0.05) is 10.1 Å². The van der Waals surface area contributed by atoms with E-state index in [1.165, 1.54) is 10.9 Å². The first-order chi connectivity index (χ1) is 11.2. The van der Waals surface area contributed by atoms with Crippen LogP contribution >= 0.6 is 20.5 Å². The van der Waals surface area contributed by atoms with Gasteiger partial charge in [-0.05, 0) is 26.1 Å². The lowest BCUT2D eigenvalue weighted by molar-refractivity contribution is -0.190. The van der Waals surface area contributed by atoms with Crippen LogP contribution in [0.15, 0.2) is 6.20 Å². The zero-order valence-electron chi connectivity index (χ0n) is 13.0. The van der Waals surface area contributed by atoms with Gasteiger partial charge < -0.3 is 25.7 Å². The molecule has 12 heteroatoms. The fraction of sp³-hybridized carbons (Fsp3) is 0.667. The molecule has 2 saturated heterocycles. The summed E-state index contributed by atoms with van der Waals surface area (Å²) in [6, 6.07) is 0. The van der Waals surface area contributed by atoms with Crippen LogP contribution < -0.4 is 11.5 Å². The molecule has 0 spiro atoms. The average molecular weight is 377 g/mol. The summed E-state index contributed by atoms with van der Waals surface area (Å²) in [7, 11) is -2.74. The van der Waals surface area contributed by atoms with Crippen LogP contribution in [-0.4, -0.2) is 50.5 Å². The number of hydrogen-bond acceptors (Lipinski definition) is 8. The second kappa shape index (κ2) is 6.26. The highest BCUT2D eigenvalue weighted by molar-refractivity contribution is 7.80. The lowest BCUT2D eigenvalue weighted by atomic mass is 10.0. The second-order valence-electron chi connectivity index (χ2n) is 5.93. The number of nitrogens with two attached hydrogens (primary N) is 2. The molecule has 24 heavy (non-hydrogen) atoms. The van der Waals surface area contributed by atoms with Crippen LogP contribution in [0, 0.1) is 0 Å². The first-order valence-corrected chi connectivity index (χ1v) is 8.67. The van der Waals surface area contributed by atoms with E-state index in [1.807, 2.05) is 0 Å². The second-order valence-corrected chi connectivity index (χ2v) is 7.08. The maximum absolute atomic E-state index is 10.8. The SMILES string of the molecule is CC1(C)OC2C(O1)[C@H](c1cnn(C(N)=S)c1N)O[C@@H]2CO[P+](=O)O. The predicted molar refractivity (Wildman–Crippen MR) is 86.0 cm³/mol. The molecule has 2 aliphatic heterocycles. The number of ether oxygens (including phenoxy) is 3. The van der Waals surface area contributed by atoms with Gasteiger partial charge in [-0.3, -0.25) is 0 Å². The Morgan fingerprint density at radius 1 is 1.54 bits per heavy atom. The van der Waals surface area contributed by atoms with Crippen molar-refractivity contribution in [2.45, 2.75) is 44.1 Å². The van der Waals surface area contributed by atoms with Crippen LogP contribution in [0.5, 0.6) is 0 Å². The van der Waals surface area contributed by atoms with Gasteiger partial charge in [0.1, 0.15) is 36.8 Å². The Kier molecular flexibility index (Phi) is 4.60. The van der Waals surface area contributed by atoms with E-state index >= 15 is 0 Å². The van der Waals surface area contributed by atoms with Gasteiger partial charge in [-0.25, -0.2) is 0 Å². The van der Waals surface area contributed by atoms with E-state index in [4.69, 9.17) is 47.3 Å². The van der Waals surface area contributed by atoms with Gasteiger partial charge in [0.25, 0.3) is 0 Å². The van der Waals surface area contributed by atoms with Gasteiger partial charge in [0.05, 0.1) is 6.20 Å². The molecule has 5 N–H and O–H groups in total. The first-order valence-electron chi connectivity index (χ1n) is 7.13. The number of hydrogen-bond donors (Lipinski definition) is 3. The van der Waals surface area contributed by atoms with E-state index in [0.717, 1.165) is 0 Å². The van der Waals surface area contributed by atoms with Crippen LogP contribution in [0.4, 0.5) is 5.82 Å². The van der Waals surface area contributed by atoms with Gasteiger partial charge in [0.15, 0.2) is 10.9 Å². The van der Waals surface area contributed by atoms with Crippen molar-refractivity contribution in [1.82, 2.24) is 9.78 Å². The molecule has 132 valence electrons. The maximum atomic E-state index is 10.8. The Bertz CT molecular complexity index is 683. The van der Waals surface area contributed by atoms with Crippen LogP contribution in [0.25, 0.3) is 0 Å². The first kappa shape index (κ1) is 17.6. The number of rotatable bonds is 4.